The van der Waals surface area contributed by atoms with Gasteiger partial charge in [-0.1, -0.05) is 61.5 Å². The van der Waals surface area contributed by atoms with Crippen molar-refractivity contribution in [2.45, 2.75) is 52.3 Å². The lowest BCUT2D eigenvalue weighted by Crippen LogP contribution is -2.32. The van der Waals surface area contributed by atoms with Crippen molar-refractivity contribution in [2.24, 2.45) is 0 Å². The van der Waals surface area contributed by atoms with E-state index in [-0.39, 0.29) is 0 Å². The van der Waals surface area contributed by atoms with Crippen molar-refractivity contribution in [3.63, 3.8) is 0 Å². The van der Waals surface area contributed by atoms with E-state index in [1.807, 2.05) is 6.07 Å². The molecule has 0 aromatic heterocycles. The first-order valence-corrected chi connectivity index (χ1v) is 8.65. The van der Waals surface area contributed by atoms with Gasteiger partial charge in [-0.15, -0.1) is 0 Å². The van der Waals surface area contributed by atoms with Gasteiger partial charge in [0.2, 0.25) is 0 Å². The molecule has 0 fully saturated rings. The van der Waals surface area contributed by atoms with Crippen LogP contribution in [0.5, 0.6) is 0 Å². The van der Waals surface area contributed by atoms with Crippen LogP contribution in [0.1, 0.15) is 50.0 Å². The summed E-state index contributed by atoms with van der Waals surface area (Å²) in [4.78, 5) is 2.42. The molecule has 0 aliphatic heterocycles. The Morgan fingerprint density at radius 3 is 2.13 bits per heavy atom. The molecular weight excluding hydrogens is 282 g/mol. The molecule has 0 aliphatic rings. The summed E-state index contributed by atoms with van der Waals surface area (Å²) in [6.45, 7) is 8.40. The minimum Gasteiger partial charge on any atom is -0.388 e. The maximum Gasteiger partial charge on any atom is 0.0802 e. The monoisotopic (exact) mass is 311 g/mol. The van der Waals surface area contributed by atoms with Gasteiger partial charge in [-0.3, -0.25) is 4.90 Å². The number of benzene rings is 2. The van der Waals surface area contributed by atoms with Gasteiger partial charge in [-0.05, 0) is 43.4 Å². The fourth-order valence-electron chi connectivity index (χ4n) is 2.77. The summed E-state index contributed by atoms with van der Waals surface area (Å²) in [6, 6.07) is 19.3. The average Bonchev–Trinajstić information content (AvgIpc) is 2.59. The molecule has 124 valence electrons. The maximum atomic E-state index is 10.5. The van der Waals surface area contributed by atoms with Crippen molar-refractivity contribution in [1.82, 2.24) is 4.90 Å². The summed E-state index contributed by atoms with van der Waals surface area (Å²) >= 11 is 0. The summed E-state index contributed by atoms with van der Waals surface area (Å²) < 4.78 is 0. The highest BCUT2D eigenvalue weighted by molar-refractivity contribution is 5.24. The topological polar surface area (TPSA) is 23.5 Å². The summed E-state index contributed by atoms with van der Waals surface area (Å²) in [5.74, 6) is 0. The second kappa shape index (κ2) is 8.85. The van der Waals surface area contributed by atoms with Crippen LogP contribution < -0.4 is 0 Å². The quantitative estimate of drug-likeness (QED) is 0.771. The van der Waals surface area contributed by atoms with E-state index in [9.17, 15) is 5.11 Å². The number of hydrogen-bond donors (Lipinski definition) is 1. The van der Waals surface area contributed by atoms with E-state index in [0.29, 0.717) is 6.04 Å². The van der Waals surface area contributed by atoms with Gasteiger partial charge in [0.15, 0.2) is 0 Å². The molecule has 0 saturated heterocycles. The lowest BCUT2D eigenvalue weighted by Gasteiger charge is -2.27. The molecule has 1 unspecified atom stereocenters. The summed E-state index contributed by atoms with van der Waals surface area (Å²) in [5.41, 5.74) is 3.66. The van der Waals surface area contributed by atoms with Crippen LogP contribution in [0.4, 0.5) is 0 Å². The lowest BCUT2D eigenvalue weighted by molar-refractivity contribution is 0.127. The van der Waals surface area contributed by atoms with Crippen molar-refractivity contribution >= 4 is 0 Å². The number of nitrogens with zero attached hydrogens (tertiary/aromatic N) is 1. The first-order chi connectivity index (χ1) is 11.1. The standard InChI is InChI=1S/C21H29NO/c1-4-18-10-12-20(13-11-18)21(23)14-15-22(17(2)3)16-19-8-6-5-7-9-19/h5-13,17,21,23H,4,14-16H2,1-3H3. The molecule has 2 heteroatoms. The Morgan fingerprint density at radius 1 is 0.913 bits per heavy atom. The average molecular weight is 311 g/mol. The predicted octanol–water partition coefficient (Wildman–Crippen LogP) is 4.58. The Balaban J connectivity index is 1.92. The largest absolute Gasteiger partial charge is 0.388 e. The molecule has 0 aliphatic carbocycles. The zero-order valence-electron chi connectivity index (χ0n) is 14.6. The minimum atomic E-state index is -0.391. The second-order valence-electron chi connectivity index (χ2n) is 6.45. The Hall–Kier alpha value is -1.64. The maximum absolute atomic E-state index is 10.5. The molecule has 0 bridgehead atoms. The zero-order valence-corrected chi connectivity index (χ0v) is 14.6. The van der Waals surface area contributed by atoms with Crippen LogP contribution in [-0.4, -0.2) is 22.6 Å². The Kier molecular flexibility index (Phi) is 6.82. The fourth-order valence-corrected chi connectivity index (χ4v) is 2.77. The van der Waals surface area contributed by atoms with E-state index >= 15 is 0 Å². The Labute approximate surface area is 140 Å². The van der Waals surface area contributed by atoms with Crippen molar-refractivity contribution in [3.8, 4) is 0 Å². The fraction of sp³-hybridized carbons (Fsp3) is 0.429. The number of aliphatic hydroxyl groups excluding tert-OH is 1. The Morgan fingerprint density at radius 2 is 1.57 bits per heavy atom. The number of aliphatic hydroxyl groups is 1. The zero-order chi connectivity index (χ0) is 16.7. The highest BCUT2D eigenvalue weighted by Crippen LogP contribution is 2.19. The van der Waals surface area contributed by atoms with Crippen LogP contribution in [0.2, 0.25) is 0 Å². The van der Waals surface area contributed by atoms with Crippen LogP contribution in [0, 0.1) is 0 Å². The Bertz CT molecular complexity index is 562. The third kappa shape index (κ3) is 5.49. The molecule has 1 N–H and O–H groups in total. The van der Waals surface area contributed by atoms with E-state index in [0.717, 1.165) is 31.5 Å². The van der Waals surface area contributed by atoms with Crippen LogP contribution in [0.15, 0.2) is 54.6 Å². The van der Waals surface area contributed by atoms with Gasteiger partial charge >= 0.3 is 0 Å². The number of aryl methyl sites for hydroxylation is 1. The third-order valence-electron chi connectivity index (χ3n) is 4.42. The predicted molar refractivity (Wildman–Crippen MR) is 97.4 cm³/mol. The van der Waals surface area contributed by atoms with Crippen LogP contribution in [-0.2, 0) is 13.0 Å². The van der Waals surface area contributed by atoms with Gasteiger partial charge in [0.1, 0.15) is 0 Å². The van der Waals surface area contributed by atoms with E-state index < -0.39 is 6.10 Å². The van der Waals surface area contributed by atoms with Crippen molar-refractivity contribution < 1.29 is 5.11 Å². The lowest BCUT2D eigenvalue weighted by atomic mass is 10.0. The van der Waals surface area contributed by atoms with E-state index in [4.69, 9.17) is 0 Å². The van der Waals surface area contributed by atoms with E-state index in [2.05, 4.69) is 74.2 Å². The number of hydrogen-bond acceptors (Lipinski definition) is 2. The third-order valence-corrected chi connectivity index (χ3v) is 4.42. The van der Waals surface area contributed by atoms with E-state index in [1.54, 1.807) is 0 Å². The first-order valence-electron chi connectivity index (χ1n) is 8.65. The van der Waals surface area contributed by atoms with Gasteiger partial charge < -0.3 is 5.11 Å². The molecule has 2 rings (SSSR count). The number of rotatable bonds is 8. The molecule has 1 atom stereocenters. The van der Waals surface area contributed by atoms with Gasteiger partial charge in [0.05, 0.1) is 6.10 Å². The summed E-state index contributed by atoms with van der Waals surface area (Å²) in [7, 11) is 0. The first kappa shape index (κ1) is 17.7. The molecule has 0 heterocycles. The minimum absolute atomic E-state index is 0.391. The van der Waals surface area contributed by atoms with Gasteiger partial charge in [0.25, 0.3) is 0 Å². The van der Waals surface area contributed by atoms with Crippen LogP contribution in [0.25, 0.3) is 0 Å². The summed E-state index contributed by atoms with van der Waals surface area (Å²) in [6.07, 6.45) is 1.41. The molecule has 0 amide bonds. The normalized spacial score (nSPS) is 12.8. The molecule has 23 heavy (non-hydrogen) atoms. The molecule has 0 saturated carbocycles. The van der Waals surface area contributed by atoms with Crippen molar-refractivity contribution in [3.05, 3.63) is 71.3 Å². The smallest absolute Gasteiger partial charge is 0.0802 e. The molecule has 0 radical (unpaired) electrons. The molecular formula is C21H29NO. The van der Waals surface area contributed by atoms with Crippen LogP contribution in [0.3, 0.4) is 0 Å². The highest BCUT2D eigenvalue weighted by Gasteiger charge is 2.14. The van der Waals surface area contributed by atoms with Crippen LogP contribution >= 0.6 is 0 Å². The highest BCUT2D eigenvalue weighted by atomic mass is 16.3. The SMILES string of the molecule is CCc1ccc(C(O)CCN(Cc2ccccc2)C(C)C)cc1. The van der Waals surface area contributed by atoms with E-state index in [1.165, 1.54) is 11.1 Å². The second-order valence-corrected chi connectivity index (χ2v) is 6.45. The van der Waals surface area contributed by atoms with Gasteiger partial charge in [0, 0.05) is 19.1 Å². The molecule has 2 nitrogen and oxygen atoms in total. The van der Waals surface area contributed by atoms with Crippen molar-refractivity contribution in [1.29, 1.82) is 0 Å². The summed E-state index contributed by atoms with van der Waals surface area (Å²) in [5, 5.41) is 10.5. The van der Waals surface area contributed by atoms with Gasteiger partial charge in [-0.25, -0.2) is 0 Å². The van der Waals surface area contributed by atoms with Crippen molar-refractivity contribution in [2.75, 3.05) is 6.54 Å². The van der Waals surface area contributed by atoms with Gasteiger partial charge in [-0.2, -0.15) is 0 Å². The molecule has 2 aromatic rings. The molecule has 0 spiro atoms. The molecule has 2 aromatic carbocycles.